The minimum Gasteiger partial charge on any atom is -0.463 e. The molecule has 116 valence electrons. The van der Waals surface area contributed by atoms with Gasteiger partial charge in [0.25, 0.3) is 0 Å². The number of nitrogens with one attached hydrogen (secondary N) is 2. The van der Waals surface area contributed by atoms with Crippen LogP contribution in [0.2, 0.25) is 0 Å². The van der Waals surface area contributed by atoms with Crippen LogP contribution in [0.1, 0.15) is 11.3 Å². The van der Waals surface area contributed by atoms with Crippen LogP contribution in [-0.2, 0) is 13.1 Å². The van der Waals surface area contributed by atoms with Gasteiger partial charge in [0.05, 0.1) is 18.5 Å². The molecule has 23 heavy (non-hydrogen) atoms. The first-order valence-corrected chi connectivity index (χ1v) is 7.07. The second-order valence-corrected chi connectivity index (χ2v) is 4.73. The molecule has 2 N–H and O–H groups in total. The number of hydrogen-bond donors (Lipinski definition) is 2. The van der Waals surface area contributed by atoms with Crippen LogP contribution in [0, 0.1) is 0 Å². The molecule has 0 aliphatic rings. The van der Waals surface area contributed by atoms with E-state index in [9.17, 15) is 4.79 Å². The summed E-state index contributed by atoms with van der Waals surface area (Å²) in [6, 6.07) is 7.01. The second-order valence-electron chi connectivity index (χ2n) is 4.73. The van der Waals surface area contributed by atoms with Gasteiger partial charge in [0, 0.05) is 31.3 Å². The van der Waals surface area contributed by atoms with E-state index in [1.165, 1.54) is 0 Å². The van der Waals surface area contributed by atoms with E-state index in [1.807, 2.05) is 12.1 Å². The Morgan fingerprint density at radius 3 is 2.70 bits per heavy atom. The predicted octanol–water partition coefficient (Wildman–Crippen LogP) is 2.13. The maximum atomic E-state index is 11.9. The largest absolute Gasteiger partial charge is 0.463 e. The highest BCUT2D eigenvalue weighted by molar-refractivity contribution is 5.74. The number of carbonyl (C=O) groups excluding carboxylic acids is 1. The number of urea groups is 1. The maximum absolute atomic E-state index is 11.9. The maximum Gasteiger partial charge on any atom is 0.315 e. The van der Waals surface area contributed by atoms with Gasteiger partial charge in [-0.15, -0.1) is 0 Å². The van der Waals surface area contributed by atoms with Crippen LogP contribution >= 0.6 is 0 Å². The number of pyridine rings is 1. The molecule has 0 spiro atoms. The van der Waals surface area contributed by atoms with Gasteiger partial charge in [-0.25, -0.2) is 9.78 Å². The summed E-state index contributed by atoms with van der Waals surface area (Å²) in [7, 11) is 0. The van der Waals surface area contributed by atoms with Gasteiger partial charge in [0.1, 0.15) is 5.69 Å². The van der Waals surface area contributed by atoms with Crippen molar-refractivity contribution in [1.29, 1.82) is 0 Å². The van der Waals surface area contributed by atoms with Crippen LogP contribution in [0.25, 0.3) is 11.5 Å². The number of furan rings is 1. The lowest BCUT2D eigenvalue weighted by Crippen LogP contribution is -2.34. The van der Waals surface area contributed by atoms with E-state index in [1.54, 1.807) is 43.2 Å². The van der Waals surface area contributed by atoms with Gasteiger partial charge in [-0.05, 0) is 23.8 Å². The Kier molecular flexibility index (Phi) is 4.58. The summed E-state index contributed by atoms with van der Waals surface area (Å²) in [4.78, 5) is 24.4. The summed E-state index contributed by atoms with van der Waals surface area (Å²) in [5, 5.41) is 5.52. The molecule has 0 radical (unpaired) electrons. The fourth-order valence-electron chi connectivity index (χ4n) is 2.03. The van der Waals surface area contributed by atoms with Crippen molar-refractivity contribution >= 4 is 6.03 Å². The molecule has 3 heterocycles. The van der Waals surface area contributed by atoms with Crippen LogP contribution < -0.4 is 10.6 Å². The number of amides is 2. The first-order chi connectivity index (χ1) is 11.3. The molecule has 0 fully saturated rings. The van der Waals surface area contributed by atoms with E-state index in [-0.39, 0.29) is 12.6 Å². The number of rotatable bonds is 5. The zero-order valence-corrected chi connectivity index (χ0v) is 12.3. The van der Waals surface area contributed by atoms with Gasteiger partial charge in [0.2, 0.25) is 0 Å². The zero-order chi connectivity index (χ0) is 15.9. The van der Waals surface area contributed by atoms with Crippen LogP contribution in [0.5, 0.6) is 0 Å². The molecule has 7 nitrogen and oxygen atoms in total. The summed E-state index contributed by atoms with van der Waals surface area (Å²) in [6.45, 7) is 0.661. The quantitative estimate of drug-likeness (QED) is 0.753. The van der Waals surface area contributed by atoms with Gasteiger partial charge in [-0.2, -0.15) is 0 Å². The highest BCUT2D eigenvalue weighted by Crippen LogP contribution is 2.19. The van der Waals surface area contributed by atoms with Crippen molar-refractivity contribution in [3.63, 3.8) is 0 Å². The third kappa shape index (κ3) is 3.91. The molecule has 0 unspecified atom stereocenters. The van der Waals surface area contributed by atoms with Crippen LogP contribution in [0.3, 0.4) is 0 Å². The van der Waals surface area contributed by atoms with Crippen molar-refractivity contribution in [3.8, 4) is 11.5 Å². The Bertz CT molecular complexity index is 759. The smallest absolute Gasteiger partial charge is 0.315 e. The van der Waals surface area contributed by atoms with Gasteiger partial charge in [-0.3, -0.25) is 9.97 Å². The molecule has 3 aromatic rings. The van der Waals surface area contributed by atoms with E-state index >= 15 is 0 Å². The number of hydrogen-bond acceptors (Lipinski definition) is 5. The van der Waals surface area contributed by atoms with Gasteiger partial charge in [-0.1, -0.05) is 6.07 Å². The van der Waals surface area contributed by atoms with E-state index in [0.29, 0.717) is 23.7 Å². The van der Waals surface area contributed by atoms with Gasteiger partial charge in [0.15, 0.2) is 5.76 Å². The van der Waals surface area contributed by atoms with E-state index in [4.69, 9.17) is 4.42 Å². The molecule has 0 atom stereocenters. The summed E-state index contributed by atoms with van der Waals surface area (Å²) in [6.07, 6.45) is 8.13. The first kappa shape index (κ1) is 14.7. The molecule has 0 bridgehead atoms. The number of carbonyl (C=O) groups is 1. The summed E-state index contributed by atoms with van der Waals surface area (Å²) >= 11 is 0. The Morgan fingerprint density at radius 2 is 1.91 bits per heavy atom. The fourth-order valence-corrected chi connectivity index (χ4v) is 2.03. The lowest BCUT2D eigenvalue weighted by atomic mass is 10.2. The van der Waals surface area contributed by atoms with Crippen LogP contribution in [-0.4, -0.2) is 21.0 Å². The van der Waals surface area contributed by atoms with Gasteiger partial charge < -0.3 is 15.1 Å². The minimum absolute atomic E-state index is 0.253. The molecule has 0 aliphatic carbocycles. The van der Waals surface area contributed by atoms with Crippen molar-refractivity contribution in [2.24, 2.45) is 0 Å². The average molecular weight is 309 g/mol. The fraction of sp³-hybridized carbons (Fsp3) is 0.125. The van der Waals surface area contributed by atoms with Crippen molar-refractivity contribution in [2.75, 3.05) is 0 Å². The molecule has 0 aromatic carbocycles. The first-order valence-electron chi connectivity index (χ1n) is 7.07. The average Bonchev–Trinajstić information content (AvgIpc) is 3.14. The van der Waals surface area contributed by atoms with Crippen LogP contribution in [0.4, 0.5) is 4.79 Å². The molecular formula is C16H15N5O2. The van der Waals surface area contributed by atoms with Crippen molar-refractivity contribution in [1.82, 2.24) is 25.6 Å². The van der Waals surface area contributed by atoms with Crippen molar-refractivity contribution < 1.29 is 9.21 Å². The monoisotopic (exact) mass is 309 g/mol. The van der Waals surface area contributed by atoms with E-state index < -0.39 is 0 Å². The second kappa shape index (κ2) is 7.17. The van der Waals surface area contributed by atoms with Crippen molar-refractivity contribution in [3.05, 3.63) is 66.6 Å². The summed E-state index contributed by atoms with van der Waals surface area (Å²) in [5.74, 6) is 0.616. The molecular weight excluding hydrogens is 294 g/mol. The van der Waals surface area contributed by atoms with Crippen LogP contribution in [0.15, 0.2) is 59.7 Å². The predicted molar refractivity (Wildman–Crippen MR) is 83.0 cm³/mol. The molecule has 7 heteroatoms. The zero-order valence-electron chi connectivity index (χ0n) is 12.3. The topological polar surface area (TPSA) is 92.9 Å². The molecule has 3 aromatic heterocycles. The summed E-state index contributed by atoms with van der Waals surface area (Å²) in [5.41, 5.74) is 2.18. The van der Waals surface area contributed by atoms with Gasteiger partial charge >= 0.3 is 6.03 Å². The molecule has 3 rings (SSSR count). The molecule has 0 saturated carbocycles. The highest BCUT2D eigenvalue weighted by atomic mass is 16.3. The van der Waals surface area contributed by atoms with E-state index in [0.717, 1.165) is 5.56 Å². The lowest BCUT2D eigenvalue weighted by Gasteiger charge is -2.09. The highest BCUT2D eigenvalue weighted by Gasteiger charge is 2.11. The third-order valence-electron chi connectivity index (χ3n) is 3.12. The lowest BCUT2D eigenvalue weighted by molar-refractivity contribution is 0.240. The minimum atomic E-state index is -0.287. The van der Waals surface area contributed by atoms with Crippen molar-refractivity contribution in [2.45, 2.75) is 13.1 Å². The normalized spacial score (nSPS) is 10.3. The Labute approximate surface area is 132 Å². The Balaban J connectivity index is 1.57. The standard InChI is InChI=1S/C16H15N5O2/c22-16(20-10-12-3-1-5-17-9-12)21-11-13-15(19-7-6-18-13)14-4-2-8-23-14/h1-9H,10-11H2,(H2,20,21,22). The molecule has 0 saturated heterocycles. The third-order valence-corrected chi connectivity index (χ3v) is 3.12. The summed E-state index contributed by atoms with van der Waals surface area (Å²) < 4.78 is 5.33. The Morgan fingerprint density at radius 1 is 1.04 bits per heavy atom. The molecule has 2 amide bonds. The SMILES string of the molecule is O=C(NCc1cccnc1)NCc1nccnc1-c1ccco1. The Hall–Kier alpha value is -3.22. The van der Waals surface area contributed by atoms with E-state index in [2.05, 4.69) is 25.6 Å². The number of nitrogens with zero attached hydrogens (tertiary/aromatic N) is 3. The number of aromatic nitrogens is 3. The molecule has 0 aliphatic heterocycles.